The van der Waals surface area contributed by atoms with Gasteiger partial charge in [-0.2, -0.15) is 0 Å². The monoisotopic (exact) mass is 301 g/mol. The van der Waals surface area contributed by atoms with E-state index < -0.39 is 11.6 Å². The molecule has 0 spiro atoms. The van der Waals surface area contributed by atoms with Gasteiger partial charge in [-0.1, -0.05) is 18.9 Å². The first-order valence-corrected chi connectivity index (χ1v) is 7.44. The molecule has 1 aromatic rings. The number of carbonyl (C=O) groups is 1. The average molecular weight is 302 g/mol. The lowest BCUT2D eigenvalue weighted by Gasteiger charge is -2.28. The van der Waals surface area contributed by atoms with Crippen LogP contribution in [0.3, 0.4) is 0 Å². The van der Waals surface area contributed by atoms with Crippen LogP contribution in [0.2, 0.25) is 0 Å². The van der Waals surface area contributed by atoms with Gasteiger partial charge in [0.1, 0.15) is 11.6 Å². The number of benzene rings is 1. The smallest absolute Gasteiger partial charge is 0.227 e. The van der Waals surface area contributed by atoms with E-state index in [9.17, 15) is 13.6 Å². The van der Waals surface area contributed by atoms with Crippen molar-refractivity contribution in [1.29, 1.82) is 0 Å². The van der Waals surface area contributed by atoms with Crippen LogP contribution in [-0.2, 0) is 11.2 Å². The van der Waals surface area contributed by atoms with Crippen molar-refractivity contribution in [3.8, 4) is 0 Å². The van der Waals surface area contributed by atoms with Gasteiger partial charge in [-0.15, -0.1) is 11.6 Å². The predicted molar refractivity (Wildman–Crippen MR) is 74.8 cm³/mol. The summed E-state index contributed by atoms with van der Waals surface area (Å²) in [6.07, 6.45) is 4.14. The number of rotatable bonds is 5. The number of alkyl halides is 1. The normalized spacial score (nSPS) is 15.6. The summed E-state index contributed by atoms with van der Waals surface area (Å²) in [7, 11) is 0. The number of hydrogen-bond donors (Lipinski definition) is 0. The zero-order valence-corrected chi connectivity index (χ0v) is 12.0. The molecule has 1 saturated carbocycles. The molecule has 5 heteroatoms. The second-order valence-corrected chi connectivity index (χ2v) is 5.50. The van der Waals surface area contributed by atoms with Crippen molar-refractivity contribution < 1.29 is 13.6 Å². The molecule has 0 bridgehead atoms. The Hall–Kier alpha value is -1.16. The maximum absolute atomic E-state index is 13.6. The topological polar surface area (TPSA) is 20.3 Å². The van der Waals surface area contributed by atoms with Gasteiger partial charge in [0.25, 0.3) is 0 Å². The summed E-state index contributed by atoms with van der Waals surface area (Å²) in [6.45, 7) is 0.480. The van der Waals surface area contributed by atoms with E-state index in [2.05, 4.69) is 0 Å². The number of nitrogens with zero attached hydrogens (tertiary/aromatic N) is 1. The van der Waals surface area contributed by atoms with E-state index in [0.29, 0.717) is 12.4 Å². The predicted octanol–water partition coefficient (Wildman–Crippen LogP) is 3.52. The van der Waals surface area contributed by atoms with Crippen LogP contribution in [-0.4, -0.2) is 29.3 Å². The Labute approximate surface area is 122 Å². The van der Waals surface area contributed by atoms with Gasteiger partial charge >= 0.3 is 0 Å². The van der Waals surface area contributed by atoms with Crippen LogP contribution in [0, 0.1) is 11.6 Å². The third kappa shape index (κ3) is 3.69. The minimum atomic E-state index is -0.671. The van der Waals surface area contributed by atoms with Gasteiger partial charge in [-0.25, -0.2) is 8.78 Å². The molecule has 1 aromatic carbocycles. The molecular formula is C15H18ClF2NO. The van der Waals surface area contributed by atoms with E-state index in [4.69, 9.17) is 11.6 Å². The van der Waals surface area contributed by atoms with Gasteiger partial charge in [-0.3, -0.25) is 4.79 Å². The summed E-state index contributed by atoms with van der Waals surface area (Å²) in [5.74, 6) is -1.07. The molecular weight excluding hydrogens is 284 g/mol. The Morgan fingerprint density at radius 2 is 2.00 bits per heavy atom. The summed E-state index contributed by atoms with van der Waals surface area (Å²) in [4.78, 5) is 14.1. The highest BCUT2D eigenvalue weighted by molar-refractivity contribution is 6.18. The van der Waals surface area contributed by atoms with Gasteiger partial charge in [0, 0.05) is 24.5 Å². The maximum atomic E-state index is 13.6. The molecule has 20 heavy (non-hydrogen) atoms. The lowest BCUT2D eigenvalue weighted by atomic mass is 10.1. The van der Waals surface area contributed by atoms with Crippen LogP contribution in [0.1, 0.15) is 31.2 Å². The standard InChI is InChI=1S/C15H18ClF2NO/c16-7-8-19(13-3-1-2-4-13)15(20)9-11-5-6-12(17)10-14(11)18/h5-6,10,13H,1-4,7-9H2. The van der Waals surface area contributed by atoms with Crippen LogP contribution in [0.15, 0.2) is 18.2 Å². The molecule has 1 amide bonds. The maximum Gasteiger partial charge on any atom is 0.227 e. The van der Waals surface area contributed by atoms with Crippen molar-refractivity contribution in [2.75, 3.05) is 12.4 Å². The zero-order valence-electron chi connectivity index (χ0n) is 11.2. The summed E-state index contributed by atoms with van der Waals surface area (Å²) < 4.78 is 26.5. The second kappa shape index (κ2) is 7.02. The first kappa shape index (κ1) is 15.2. The van der Waals surface area contributed by atoms with Gasteiger partial charge < -0.3 is 4.90 Å². The number of carbonyl (C=O) groups excluding carboxylic acids is 1. The van der Waals surface area contributed by atoms with Crippen LogP contribution in [0.4, 0.5) is 8.78 Å². The molecule has 1 aliphatic carbocycles. The van der Waals surface area contributed by atoms with Crippen molar-refractivity contribution in [2.45, 2.75) is 38.1 Å². The highest BCUT2D eigenvalue weighted by Crippen LogP contribution is 2.24. The third-order valence-corrected chi connectivity index (χ3v) is 3.94. The molecule has 0 atom stereocenters. The van der Waals surface area contributed by atoms with Crippen molar-refractivity contribution >= 4 is 17.5 Å². The molecule has 0 N–H and O–H groups in total. The van der Waals surface area contributed by atoms with Gasteiger partial charge in [0.2, 0.25) is 5.91 Å². The van der Waals surface area contributed by atoms with Gasteiger partial charge in [0.05, 0.1) is 6.42 Å². The summed E-state index contributed by atoms with van der Waals surface area (Å²) in [6, 6.07) is 3.53. The van der Waals surface area contributed by atoms with Crippen molar-refractivity contribution in [3.05, 3.63) is 35.4 Å². The highest BCUT2D eigenvalue weighted by Gasteiger charge is 2.26. The molecule has 1 fully saturated rings. The molecule has 0 heterocycles. The van der Waals surface area contributed by atoms with E-state index in [1.54, 1.807) is 4.90 Å². The van der Waals surface area contributed by atoms with Crippen LogP contribution in [0.5, 0.6) is 0 Å². The molecule has 2 rings (SSSR count). The van der Waals surface area contributed by atoms with E-state index >= 15 is 0 Å². The summed E-state index contributed by atoms with van der Waals surface area (Å²) in [5.41, 5.74) is 0.231. The minimum Gasteiger partial charge on any atom is -0.338 e. The Balaban J connectivity index is 2.07. The van der Waals surface area contributed by atoms with Crippen molar-refractivity contribution in [1.82, 2.24) is 4.90 Å². The molecule has 2 nitrogen and oxygen atoms in total. The zero-order chi connectivity index (χ0) is 14.5. The first-order chi connectivity index (χ1) is 9.61. The Morgan fingerprint density at radius 3 is 2.60 bits per heavy atom. The molecule has 0 aromatic heterocycles. The molecule has 0 radical (unpaired) electrons. The molecule has 1 aliphatic rings. The number of halogens is 3. The Morgan fingerprint density at radius 1 is 1.30 bits per heavy atom. The Kier molecular flexibility index (Phi) is 5.35. The summed E-state index contributed by atoms with van der Waals surface area (Å²) in [5, 5.41) is 0. The minimum absolute atomic E-state index is 0.0422. The largest absolute Gasteiger partial charge is 0.338 e. The number of amides is 1. The number of hydrogen-bond acceptors (Lipinski definition) is 1. The molecule has 0 unspecified atom stereocenters. The van der Waals surface area contributed by atoms with Crippen LogP contribution in [0.25, 0.3) is 0 Å². The Bertz CT molecular complexity index is 475. The third-order valence-electron chi connectivity index (χ3n) is 3.77. The lowest BCUT2D eigenvalue weighted by molar-refractivity contribution is -0.132. The fourth-order valence-electron chi connectivity index (χ4n) is 2.75. The van der Waals surface area contributed by atoms with E-state index in [1.165, 1.54) is 12.1 Å². The van der Waals surface area contributed by atoms with Crippen molar-refractivity contribution in [2.24, 2.45) is 0 Å². The van der Waals surface area contributed by atoms with E-state index in [-0.39, 0.29) is 23.9 Å². The van der Waals surface area contributed by atoms with Crippen LogP contribution >= 0.6 is 11.6 Å². The summed E-state index contributed by atoms with van der Waals surface area (Å²) >= 11 is 5.76. The average Bonchev–Trinajstić information content (AvgIpc) is 2.92. The van der Waals surface area contributed by atoms with Gasteiger partial charge in [-0.05, 0) is 24.5 Å². The molecule has 0 aliphatic heterocycles. The SMILES string of the molecule is O=C(Cc1ccc(F)cc1F)N(CCCl)C1CCCC1. The van der Waals surface area contributed by atoms with E-state index in [1.807, 2.05) is 0 Å². The van der Waals surface area contributed by atoms with Crippen molar-refractivity contribution in [3.63, 3.8) is 0 Å². The van der Waals surface area contributed by atoms with Gasteiger partial charge in [0.15, 0.2) is 0 Å². The quantitative estimate of drug-likeness (QED) is 0.762. The molecule has 0 saturated heterocycles. The highest BCUT2D eigenvalue weighted by atomic mass is 35.5. The lowest BCUT2D eigenvalue weighted by Crippen LogP contribution is -2.41. The first-order valence-electron chi connectivity index (χ1n) is 6.91. The molecule has 110 valence electrons. The van der Waals surface area contributed by atoms with Crippen LogP contribution < -0.4 is 0 Å². The van der Waals surface area contributed by atoms with E-state index in [0.717, 1.165) is 31.7 Å². The fraction of sp³-hybridized carbons (Fsp3) is 0.533. The second-order valence-electron chi connectivity index (χ2n) is 5.13. The fourth-order valence-corrected chi connectivity index (χ4v) is 2.93.